The van der Waals surface area contributed by atoms with Crippen molar-refractivity contribution in [2.45, 2.75) is 51.1 Å². The third-order valence-electron chi connectivity index (χ3n) is 6.82. The summed E-state index contributed by atoms with van der Waals surface area (Å²) in [7, 11) is 1.35. The predicted octanol–water partition coefficient (Wildman–Crippen LogP) is 4.81. The van der Waals surface area contributed by atoms with E-state index in [-0.39, 0.29) is 35.0 Å². The second-order valence-electron chi connectivity index (χ2n) is 9.54. The number of carbonyl (C=O) groups is 2. The molecule has 3 aromatic rings. The van der Waals surface area contributed by atoms with Gasteiger partial charge >= 0.3 is 5.97 Å². The van der Waals surface area contributed by atoms with Gasteiger partial charge in [-0.1, -0.05) is 49.4 Å². The van der Waals surface area contributed by atoms with Crippen LogP contribution in [0.25, 0.3) is 0 Å². The van der Waals surface area contributed by atoms with Gasteiger partial charge in [0, 0.05) is 25.0 Å². The first kappa shape index (κ1) is 27.3. The molecule has 0 aliphatic heterocycles. The summed E-state index contributed by atoms with van der Waals surface area (Å²) in [6.45, 7) is 3.22. The maximum Gasteiger partial charge on any atom is 0.337 e. The molecule has 0 unspecified atom stereocenters. The molecule has 1 aliphatic rings. The summed E-state index contributed by atoms with van der Waals surface area (Å²) < 4.78 is 4.71. The molecule has 4 rings (SSSR count). The number of hydrogen-bond donors (Lipinski definition) is 3. The van der Waals surface area contributed by atoms with E-state index in [4.69, 9.17) is 16.3 Å². The third kappa shape index (κ3) is 7.64. The van der Waals surface area contributed by atoms with Crippen molar-refractivity contribution in [1.29, 1.82) is 0 Å². The molecule has 9 nitrogen and oxygen atoms in total. The van der Waals surface area contributed by atoms with Gasteiger partial charge in [0.2, 0.25) is 23.1 Å². The lowest BCUT2D eigenvalue weighted by Crippen LogP contribution is -2.35. The lowest BCUT2D eigenvalue weighted by atomic mass is 9.85. The molecule has 10 heteroatoms. The van der Waals surface area contributed by atoms with Crippen molar-refractivity contribution in [3.63, 3.8) is 0 Å². The fourth-order valence-corrected chi connectivity index (χ4v) is 4.69. The van der Waals surface area contributed by atoms with Crippen LogP contribution >= 0.6 is 11.6 Å². The summed E-state index contributed by atoms with van der Waals surface area (Å²) in [5.74, 6) is 0.772. The number of nitrogens with one attached hydrogen (secondary N) is 3. The molecule has 0 saturated heterocycles. The number of carbonyl (C=O) groups excluding carboxylic acids is 2. The van der Waals surface area contributed by atoms with E-state index < -0.39 is 0 Å². The molecular formula is C28H33ClN6O3. The number of rotatable bonds is 10. The zero-order valence-corrected chi connectivity index (χ0v) is 22.4. The van der Waals surface area contributed by atoms with Gasteiger partial charge in [0.1, 0.15) is 0 Å². The van der Waals surface area contributed by atoms with Crippen LogP contribution in [-0.4, -0.2) is 46.5 Å². The number of esters is 1. The van der Waals surface area contributed by atoms with E-state index in [1.807, 2.05) is 30.3 Å². The highest BCUT2D eigenvalue weighted by Crippen LogP contribution is 2.27. The quantitative estimate of drug-likeness (QED) is 0.316. The maximum atomic E-state index is 12.7. The number of aromatic nitrogens is 3. The zero-order chi connectivity index (χ0) is 26.9. The van der Waals surface area contributed by atoms with Crippen LogP contribution < -0.4 is 16.0 Å². The number of ether oxygens (including phenoxy) is 1. The van der Waals surface area contributed by atoms with E-state index in [0.29, 0.717) is 30.5 Å². The van der Waals surface area contributed by atoms with Gasteiger partial charge in [0.25, 0.3) is 0 Å². The number of benzene rings is 2. The minimum absolute atomic E-state index is 0.0407. The first-order valence-electron chi connectivity index (χ1n) is 12.8. The monoisotopic (exact) mass is 536 g/mol. The maximum absolute atomic E-state index is 12.7. The average Bonchev–Trinajstić information content (AvgIpc) is 2.95. The van der Waals surface area contributed by atoms with E-state index in [1.54, 1.807) is 12.1 Å². The molecule has 1 amide bonds. The molecule has 38 heavy (non-hydrogen) atoms. The Balaban J connectivity index is 1.22. The lowest BCUT2D eigenvalue weighted by Gasteiger charge is -2.28. The molecule has 2 aromatic carbocycles. The SMILES string of the molecule is COC(=O)c1ccc(CNC(=O)C2CCC(Nc3nc(Cl)nc(NC[C@H](C)c4ccccc4)n3)CC2)cc1. The molecule has 0 radical (unpaired) electrons. The van der Waals surface area contributed by atoms with Crippen LogP contribution in [0.15, 0.2) is 54.6 Å². The highest BCUT2D eigenvalue weighted by atomic mass is 35.5. The van der Waals surface area contributed by atoms with Crippen molar-refractivity contribution in [3.05, 3.63) is 76.6 Å². The number of nitrogens with zero attached hydrogens (tertiary/aromatic N) is 3. The first-order chi connectivity index (χ1) is 18.4. The number of halogens is 1. The van der Waals surface area contributed by atoms with Crippen molar-refractivity contribution in [3.8, 4) is 0 Å². The molecule has 1 heterocycles. The van der Waals surface area contributed by atoms with Gasteiger partial charge in [-0.3, -0.25) is 4.79 Å². The largest absolute Gasteiger partial charge is 0.465 e. The first-order valence-corrected chi connectivity index (χ1v) is 13.2. The number of methoxy groups -OCH3 is 1. The predicted molar refractivity (Wildman–Crippen MR) is 147 cm³/mol. The van der Waals surface area contributed by atoms with Gasteiger partial charge in [-0.25, -0.2) is 4.79 Å². The highest BCUT2D eigenvalue weighted by Gasteiger charge is 2.26. The summed E-state index contributed by atoms with van der Waals surface area (Å²) in [5, 5.41) is 9.76. The Bertz CT molecular complexity index is 1220. The van der Waals surface area contributed by atoms with Crippen molar-refractivity contribution >= 4 is 35.4 Å². The van der Waals surface area contributed by atoms with Gasteiger partial charge in [-0.2, -0.15) is 15.0 Å². The lowest BCUT2D eigenvalue weighted by molar-refractivity contribution is -0.126. The fourth-order valence-electron chi connectivity index (χ4n) is 4.53. The fraction of sp³-hybridized carbons (Fsp3) is 0.393. The Kier molecular flexibility index (Phi) is 9.48. The second kappa shape index (κ2) is 13.2. The van der Waals surface area contributed by atoms with Crippen LogP contribution in [0.2, 0.25) is 5.28 Å². The molecule has 3 N–H and O–H groups in total. The second-order valence-corrected chi connectivity index (χ2v) is 9.88. The number of anilines is 2. The van der Waals surface area contributed by atoms with Gasteiger partial charge < -0.3 is 20.7 Å². The van der Waals surface area contributed by atoms with Gasteiger partial charge in [0.05, 0.1) is 12.7 Å². The van der Waals surface area contributed by atoms with Crippen molar-refractivity contribution in [2.24, 2.45) is 5.92 Å². The van der Waals surface area contributed by atoms with Crippen LogP contribution in [0.5, 0.6) is 0 Å². The molecular weight excluding hydrogens is 504 g/mol. The Morgan fingerprint density at radius 3 is 2.34 bits per heavy atom. The number of hydrogen-bond acceptors (Lipinski definition) is 8. The minimum Gasteiger partial charge on any atom is -0.465 e. The molecule has 0 spiro atoms. The summed E-state index contributed by atoms with van der Waals surface area (Å²) in [6, 6.07) is 17.4. The van der Waals surface area contributed by atoms with Crippen LogP contribution in [0.4, 0.5) is 11.9 Å². The van der Waals surface area contributed by atoms with Gasteiger partial charge in [0.15, 0.2) is 0 Å². The molecule has 1 aromatic heterocycles. The van der Waals surface area contributed by atoms with E-state index >= 15 is 0 Å². The van der Waals surface area contributed by atoms with E-state index in [2.05, 4.69) is 50.0 Å². The van der Waals surface area contributed by atoms with Crippen LogP contribution in [-0.2, 0) is 16.1 Å². The topological polar surface area (TPSA) is 118 Å². The molecule has 1 fully saturated rings. The molecule has 0 bridgehead atoms. The normalized spacial score (nSPS) is 17.8. The van der Waals surface area contributed by atoms with Crippen molar-refractivity contribution in [2.75, 3.05) is 24.3 Å². The van der Waals surface area contributed by atoms with Gasteiger partial charge in [-0.15, -0.1) is 0 Å². The smallest absolute Gasteiger partial charge is 0.337 e. The molecule has 1 saturated carbocycles. The van der Waals surface area contributed by atoms with Crippen LogP contribution in [0.3, 0.4) is 0 Å². The average molecular weight is 537 g/mol. The third-order valence-corrected chi connectivity index (χ3v) is 6.99. The summed E-state index contributed by atoms with van der Waals surface area (Å²) in [5.41, 5.74) is 2.64. The molecule has 1 aliphatic carbocycles. The minimum atomic E-state index is -0.379. The van der Waals surface area contributed by atoms with E-state index in [0.717, 1.165) is 31.2 Å². The van der Waals surface area contributed by atoms with Crippen LogP contribution in [0, 0.1) is 5.92 Å². The summed E-state index contributed by atoms with van der Waals surface area (Å²) in [6.07, 6.45) is 3.18. The number of amides is 1. The summed E-state index contributed by atoms with van der Waals surface area (Å²) in [4.78, 5) is 37.2. The Hall–Kier alpha value is -3.72. The highest BCUT2D eigenvalue weighted by molar-refractivity contribution is 6.28. The van der Waals surface area contributed by atoms with Gasteiger partial charge in [-0.05, 0) is 66.5 Å². The van der Waals surface area contributed by atoms with Crippen molar-refractivity contribution < 1.29 is 14.3 Å². The Morgan fingerprint density at radius 1 is 0.974 bits per heavy atom. The Morgan fingerprint density at radius 2 is 1.66 bits per heavy atom. The Labute approximate surface area is 227 Å². The standard InChI is InChI=1S/C28H33ClN6O3/c1-18(20-6-4-3-5-7-20)16-31-27-33-26(29)34-28(35-27)32-23-14-12-21(13-15-23)24(36)30-17-19-8-10-22(11-9-19)25(37)38-2/h3-11,18,21,23H,12-17H2,1-2H3,(H,30,36)(H2,31,32,33,34,35)/t18-,21?,23?/m0/s1. The zero-order valence-electron chi connectivity index (χ0n) is 21.6. The molecule has 200 valence electrons. The van der Waals surface area contributed by atoms with E-state index in [9.17, 15) is 9.59 Å². The molecule has 1 atom stereocenters. The van der Waals surface area contributed by atoms with Crippen LogP contribution in [0.1, 0.15) is 60.0 Å². The van der Waals surface area contributed by atoms with Crippen molar-refractivity contribution in [1.82, 2.24) is 20.3 Å². The summed E-state index contributed by atoms with van der Waals surface area (Å²) >= 11 is 6.16. The van der Waals surface area contributed by atoms with E-state index in [1.165, 1.54) is 12.7 Å².